The fourth-order valence-electron chi connectivity index (χ4n) is 1.73. The highest BCUT2D eigenvalue weighted by Crippen LogP contribution is 2.24. The van der Waals surface area contributed by atoms with Gasteiger partial charge in [-0.15, -0.1) is 0 Å². The second-order valence-corrected chi connectivity index (χ2v) is 5.49. The van der Waals surface area contributed by atoms with Gasteiger partial charge in [0.1, 0.15) is 10.7 Å². The molecule has 1 amide bonds. The molecule has 0 aliphatic heterocycles. The average molecular weight is 305 g/mol. The maximum absolute atomic E-state index is 12.1. The number of hydrogen-bond donors (Lipinski definition) is 3. The minimum Gasteiger partial charge on any atom is -0.382 e. The van der Waals surface area contributed by atoms with Crippen molar-refractivity contribution in [1.29, 1.82) is 0 Å². The Morgan fingerprint density at radius 3 is 2.95 bits per heavy atom. The Kier molecular flexibility index (Phi) is 5.51. The third kappa shape index (κ3) is 4.42. The lowest BCUT2D eigenvalue weighted by atomic mass is 10.3. The van der Waals surface area contributed by atoms with E-state index in [1.165, 1.54) is 11.3 Å². The van der Waals surface area contributed by atoms with Crippen molar-refractivity contribution in [2.75, 3.05) is 24.1 Å². The molecule has 0 saturated heterocycles. The van der Waals surface area contributed by atoms with Gasteiger partial charge in [0, 0.05) is 31.4 Å². The Balaban J connectivity index is 1.87. The first-order valence-corrected chi connectivity index (χ1v) is 7.70. The topological polar surface area (TPSA) is 92.9 Å². The van der Waals surface area contributed by atoms with Crippen LogP contribution in [0.1, 0.15) is 28.7 Å². The number of aromatic nitrogens is 2. The molecular weight excluding hydrogens is 286 g/mol. The molecule has 0 unspecified atom stereocenters. The SMILES string of the molecule is CCCNc1nc(N)c(C(=O)NCCc2ccccn2)s1. The first-order chi connectivity index (χ1) is 10.2. The largest absolute Gasteiger partial charge is 0.382 e. The summed E-state index contributed by atoms with van der Waals surface area (Å²) in [5.74, 6) is 0.0828. The molecule has 0 radical (unpaired) electrons. The standard InChI is InChI=1S/C14H19N5OS/c1-2-7-18-14-19-12(15)11(21-14)13(20)17-9-6-10-5-3-4-8-16-10/h3-5,8H,2,6-7,9,15H2,1H3,(H,17,20)(H,18,19). The number of thiazole rings is 1. The first-order valence-electron chi connectivity index (χ1n) is 6.89. The summed E-state index contributed by atoms with van der Waals surface area (Å²) in [6.07, 6.45) is 3.42. The number of carbonyl (C=O) groups is 1. The fraction of sp³-hybridized carbons (Fsp3) is 0.357. The van der Waals surface area contributed by atoms with Gasteiger partial charge < -0.3 is 16.4 Å². The molecule has 112 valence electrons. The van der Waals surface area contributed by atoms with Crippen molar-refractivity contribution in [3.63, 3.8) is 0 Å². The molecule has 0 saturated carbocycles. The van der Waals surface area contributed by atoms with Crippen LogP contribution < -0.4 is 16.4 Å². The van der Waals surface area contributed by atoms with Crippen LogP contribution in [0.2, 0.25) is 0 Å². The number of nitrogens with two attached hydrogens (primary N) is 1. The number of amides is 1. The van der Waals surface area contributed by atoms with Crippen LogP contribution in [-0.4, -0.2) is 29.0 Å². The van der Waals surface area contributed by atoms with E-state index in [1.807, 2.05) is 18.2 Å². The molecule has 2 aromatic rings. The number of nitrogens with zero attached hydrogens (tertiary/aromatic N) is 2. The number of carbonyl (C=O) groups excluding carboxylic acids is 1. The van der Waals surface area contributed by atoms with Crippen molar-refractivity contribution < 1.29 is 4.79 Å². The second kappa shape index (κ2) is 7.58. The van der Waals surface area contributed by atoms with E-state index in [-0.39, 0.29) is 11.7 Å². The van der Waals surface area contributed by atoms with E-state index in [0.717, 1.165) is 18.7 Å². The molecule has 0 aliphatic carbocycles. The second-order valence-electron chi connectivity index (χ2n) is 4.49. The lowest BCUT2D eigenvalue weighted by Gasteiger charge is -2.03. The molecule has 0 aliphatic rings. The summed E-state index contributed by atoms with van der Waals surface area (Å²) >= 11 is 1.28. The van der Waals surface area contributed by atoms with Gasteiger partial charge in [-0.05, 0) is 18.6 Å². The molecule has 0 aromatic carbocycles. The maximum atomic E-state index is 12.1. The summed E-state index contributed by atoms with van der Waals surface area (Å²) in [6.45, 7) is 3.40. The minimum atomic E-state index is -0.189. The highest BCUT2D eigenvalue weighted by molar-refractivity contribution is 7.18. The van der Waals surface area contributed by atoms with Crippen LogP contribution in [0.4, 0.5) is 10.9 Å². The van der Waals surface area contributed by atoms with E-state index in [1.54, 1.807) is 6.20 Å². The van der Waals surface area contributed by atoms with Gasteiger partial charge in [-0.25, -0.2) is 4.98 Å². The van der Waals surface area contributed by atoms with Crippen molar-refractivity contribution in [1.82, 2.24) is 15.3 Å². The summed E-state index contributed by atoms with van der Waals surface area (Å²) in [5, 5.41) is 6.66. The molecule has 7 heteroatoms. The van der Waals surface area contributed by atoms with Crippen LogP contribution in [0.15, 0.2) is 24.4 Å². The zero-order chi connectivity index (χ0) is 15.1. The highest BCUT2D eigenvalue weighted by Gasteiger charge is 2.15. The lowest BCUT2D eigenvalue weighted by molar-refractivity contribution is 0.0959. The summed E-state index contributed by atoms with van der Waals surface area (Å²) in [7, 11) is 0. The molecule has 2 aromatic heterocycles. The van der Waals surface area contributed by atoms with Crippen molar-refractivity contribution in [3.8, 4) is 0 Å². The van der Waals surface area contributed by atoms with E-state index in [2.05, 4.69) is 27.5 Å². The van der Waals surface area contributed by atoms with Gasteiger partial charge in [0.15, 0.2) is 5.13 Å². The number of pyridine rings is 1. The molecule has 0 atom stereocenters. The van der Waals surface area contributed by atoms with Crippen molar-refractivity contribution in [2.45, 2.75) is 19.8 Å². The fourth-order valence-corrected chi connectivity index (χ4v) is 2.56. The number of nitrogens with one attached hydrogen (secondary N) is 2. The average Bonchev–Trinajstić information content (AvgIpc) is 2.87. The predicted octanol–water partition coefficient (Wildman–Crippen LogP) is 1.91. The van der Waals surface area contributed by atoms with Gasteiger partial charge in [-0.3, -0.25) is 9.78 Å². The Bertz CT molecular complexity index is 584. The number of rotatable bonds is 7. The van der Waals surface area contributed by atoms with Crippen LogP contribution in [0, 0.1) is 0 Å². The van der Waals surface area contributed by atoms with Gasteiger partial charge in [0.2, 0.25) is 0 Å². The van der Waals surface area contributed by atoms with E-state index in [0.29, 0.717) is 23.0 Å². The molecular formula is C14H19N5OS. The Morgan fingerprint density at radius 2 is 2.24 bits per heavy atom. The summed E-state index contributed by atoms with van der Waals surface area (Å²) in [5.41, 5.74) is 6.73. The van der Waals surface area contributed by atoms with Crippen molar-refractivity contribution in [3.05, 3.63) is 35.0 Å². The zero-order valence-corrected chi connectivity index (χ0v) is 12.7. The molecule has 2 rings (SSSR count). The van der Waals surface area contributed by atoms with Crippen LogP contribution in [0.5, 0.6) is 0 Å². The van der Waals surface area contributed by atoms with Crippen LogP contribution >= 0.6 is 11.3 Å². The zero-order valence-electron chi connectivity index (χ0n) is 11.9. The molecule has 6 nitrogen and oxygen atoms in total. The predicted molar refractivity (Wildman–Crippen MR) is 85.6 cm³/mol. The first kappa shape index (κ1) is 15.2. The van der Waals surface area contributed by atoms with Gasteiger partial charge in [0.05, 0.1) is 0 Å². The van der Waals surface area contributed by atoms with Gasteiger partial charge in [-0.2, -0.15) is 0 Å². The third-order valence-corrected chi connectivity index (χ3v) is 3.81. The number of nitrogen functional groups attached to an aromatic ring is 1. The number of hydrogen-bond acceptors (Lipinski definition) is 6. The highest BCUT2D eigenvalue weighted by atomic mass is 32.1. The van der Waals surface area contributed by atoms with E-state index < -0.39 is 0 Å². The summed E-state index contributed by atoms with van der Waals surface area (Å²) < 4.78 is 0. The van der Waals surface area contributed by atoms with Crippen LogP contribution in [0.3, 0.4) is 0 Å². The quantitative estimate of drug-likeness (QED) is 0.726. The van der Waals surface area contributed by atoms with Gasteiger partial charge in [-0.1, -0.05) is 24.3 Å². The molecule has 0 fully saturated rings. The van der Waals surface area contributed by atoms with Crippen LogP contribution in [-0.2, 0) is 6.42 Å². The van der Waals surface area contributed by atoms with Crippen LogP contribution in [0.25, 0.3) is 0 Å². The normalized spacial score (nSPS) is 10.3. The van der Waals surface area contributed by atoms with Crippen molar-refractivity contribution in [2.24, 2.45) is 0 Å². The summed E-state index contributed by atoms with van der Waals surface area (Å²) in [4.78, 5) is 20.9. The third-order valence-electron chi connectivity index (χ3n) is 2.78. The van der Waals surface area contributed by atoms with E-state index in [4.69, 9.17) is 5.73 Å². The van der Waals surface area contributed by atoms with Gasteiger partial charge in [0.25, 0.3) is 5.91 Å². The van der Waals surface area contributed by atoms with Crippen molar-refractivity contribution >= 4 is 28.2 Å². The summed E-state index contributed by atoms with van der Waals surface area (Å²) in [6, 6.07) is 5.72. The monoisotopic (exact) mass is 305 g/mol. The Morgan fingerprint density at radius 1 is 1.38 bits per heavy atom. The van der Waals surface area contributed by atoms with E-state index in [9.17, 15) is 4.79 Å². The lowest BCUT2D eigenvalue weighted by Crippen LogP contribution is -2.25. The smallest absolute Gasteiger partial charge is 0.265 e. The molecule has 0 spiro atoms. The Hall–Kier alpha value is -2.15. The maximum Gasteiger partial charge on any atom is 0.265 e. The minimum absolute atomic E-state index is 0.189. The van der Waals surface area contributed by atoms with Gasteiger partial charge >= 0.3 is 0 Å². The molecule has 4 N–H and O–H groups in total. The van der Waals surface area contributed by atoms with E-state index >= 15 is 0 Å². The number of anilines is 2. The molecule has 21 heavy (non-hydrogen) atoms. The molecule has 2 heterocycles. The molecule has 0 bridgehead atoms. The Labute approximate surface area is 127 Å².